The molecule has 2 atom stereocenters. The second kappa shape index (κ2) is 6.79. The van der Waals surface area contributed by atoms with Gasteiger partial charge in [-0.05, 0) is 69.0 Å². The summed E-state index contributed by atoms with van der Waals surface area (Å²) in [5.74, 6) is 1.83. The number of hydrogen-bond donors (Lipinski definition) is 1. The Hall–Kier alpha value is -0.0800. The molecule has 2 fully saturated rings. The highest BCUT2D eigenvalue weighted by atomic mass is 15.2. The molecule has 0 aromatic carbocycles. The summed E-state index contributed by atoms with van der Waals surface area (Å²) in [7, 11) is 0. The first kappa shape index (κ1) is 16.3. The molecule has 0 aromatic rings. The number of nitrogens with one attached hydrogen (secondary N) is 1. The molecule has 0 aromatic heterocycles. The lowest BCUT2D eigenvalue weighted by atomic mass is 9.84. The van der Waals surface area contributed by atoms with Gasteiger partial charge in [-0.15, -0.1) is 0 Å². The van der Waals surface area contributed by atoms with E-state index < -0.39 is 0 Å². The fraction of sp³-hybridized carbons (Fsp3) is 1.00. The van der Waals surface area contributed by atoms with E-state index in [0.717, 1.165) is 17.9 Å². The Kier molecular flexibility index (Phi) is 5.53. The predicted octanol–water partition coefficient (Wildman–Crippen LogP) is 3.91. The van der Waals surface area contributed by atoms with E-state index in [0.29, 0.717) is 11.5 Å². The van der Waals surface area contributed by atoms with Crippen molar-refractivity contribution in [3.63, 3.8) is 0 Å². The zero-order valence-electron chi connectivity index (χ0n) is 14.4. The topological polar surface area (TPSA) is 15.3 Å². The monoisotopic (exact) mass is 280 g/mol. The molecule has 2 nitrogen and oxygen atoms in total. The maximum Gasteiger partial charge on any atom is 0.0274 e. The van der Waals surface area contributed by atoms with Crippen LogP contribution in [-0.2, 0) is 0 Å². The molecule has 0 amide bonds. The molecule has 1 N–H and O–H groups in total. The molecule has 2 unspecified atom stereocenters. The van der Waals surface area contributed by atoms with Gasteiger partial charge < -0.3 is 5.32 Å². The molecule has 1 saturated carbocycles. The maximum atomic E-state index is 3.86. The van der Waals surface area contributed by atoms with Gasteiger partial charge in [0.15, 0.2) is 0 Å². The lowest BCUT2D eigenvalue weighted by Gasteiger charge is -2.42. The minimum atomic E-state index is 0.467. The number of hydrogen-bond acceptors (Lipinski definition) is 2. The van der Waals surface area contributed by atoms with Gasteiger partial charge in [0, 0.05) is 12.1 Å². The number of nitrogens with zero attached hydrogens (tertiary/aromatic N) is 1. The van der Waals surface area contributed by atoms with Crippen molar-refractivity contribution in [2.75, 3.05) is 19.6 Å². The van der Waals surface area contributed by atoms with Crippen LogP contribution in [0.4, 0.5) is 0 Å². The fourth-order valence-corrected chi connectivity index (χ4v) is 4.39. The van der Waals surface area contributed by atoms with Crippen LogP contribution in [0.2, 0.25) is 0 Å². The third kappa shape index (κ3) is 3.57. The molecule has 0 spiro atoms. The fourth-order valence-electron chi connectivity index (χ4n) is 4.39. The van der Waals surface area contributed by atoms with Crippen LogP contribution in [0.1, 0.15) is 66.7 Å². The smallest absolute Gasteiger partial charge is 0.0274 e. The van der Waals surface area contributed by atoms with Crippen molar-refractivity contribution < 1.29 is 0 Å². The van der Waals surface area contributed by atoms with Crippen LogP contribution in [0, 0.1) is 17.3 Å². The Labute approximate surface area is 126 Å². The Morgan fingerprint density at radius 1 is 1.15 bits per heavy atom. The quantitative estimate of drug-likeness (QED) is 0.821. The average molecular weight is 280 g/mol. The zero-order valence-corrected chi connectivity index (χ0v) is 14.4. The van der Waals surface area contributed by atoms with E-state index in [9.17, 15) is 0 Å². The highest BCUT2D eigenvalue weighted by molar-refractivity contribution is 5.01. The van der Waals surface area contributed by atoms with Gasteiger partial charge in [-0.3, -0.25) is 4.90 Å². The summed E-state index contributed by atoms with van der Waals surface area (Å²) >= 11 is 0. The van der Waals surface area contributed by atoms with Crippen molar-refractivity contribution in [3.8, 4) is 0 Å². The van der Waals surface area contributed by atoms with Crippen LogP contribution in [0.15, 0.2) is 0 Å². The molecular weight excluding hydrogens is 244 g/mol. The van der Waals surface area contributed by atoms with Gasteiger partial charge in [0.25, 0.3) is 0 Å². The molecule has 2 heteroatoms. The van der Waals surface area contributed by atoms with Gasteiger partial charge in [0.1, 0.15) is 0 Å². The molecule has 2 rings (SSSR count). The number of rotatable bonds is 5. The van der Waals surface area contributed by atoms with E-state index in [4.69, 9.17) is 0 Å². The summed E-state index contributed by atoms with van der Waals surface area (Å²) in [5.41, 5.74) is 0.467. The molecule has 1 aliphatic carbocycles. The van der Waals surface area contributed by atoms with Crippen LogP contribution >= 0.6 is 0 Å². The van der Waals surface area contributed by atoms with Gasteiger partial charge in [-0.25, -0.2) is 0 Å². The number of likely N-dealkylation sites (tertiary alicyclic amines) is 1. The molecule has 1 heterocycles. The normalized spacial score (nSPS) is 32.1. The first-order valence-electron chi connectivity index (χ1n) is 8.93. The average Bonchev–Trinajstić information content (AvgIpc) is 2.71. The van der Waals surface area contributed by atoms with Crippen LogP contribution in [0.3, 0.4) is 0 Å². The highest BCUT2D eigenvalue weighted by Gasteiger charge is 2.44. The van der Waals surface area contributed by atoms with Crippen LogP contribution in [0.25, 0.3) is 0 Å². The lowest BCUT2D eigenvalue weighted by molar-refractivity contribution is 0.0895. The summed E-state index contributed by atoms with van der Waals surface area (Å²) < 4.78 is 0. The van der Waals surface area contributed by atoms with Crippen LogP contribution in [-0.4, -0.2) is 36.6 Å². The predicted molar refractivity (Wildman–Crippen MR) is 88.0 cm³/mol. The van der Waals surface area contributed by atoms with Gasteiger partial charge in [0.05, 0.1) is 0 Å². The van der Waals surface area contributed by atoms with E-state index in [2.05, 4.69) is 44.8 Å². The standard InChI is InChI=1S/C18H36N2/c1-6-11-19-17-16(7-10-18(17,4)5)20-12-8-15(9-13-20)14(2)3/h14-17,19H,6-13H2,1-5H3. The zero-order chi connectivity index (χ0) is 14.8. The molecule has 0 radical (unpaired) electrons. The third-order valence-electron chi connectivity index (χ3n) is 5.91. The Bertz CT molecular complexity index is 290. The molecule has 1 aliphatic heterocycles. The van der Waals surface area contributed by atoms with Crippen LogP contribution < -0.4 is 5.32 Å². The van der Waals surface area contributed by atoms with Crippen molar-refractivity contribution in [2.45, 2.75) is 78.8 Å². The largest absolute Gasteiger partial charge is 0.312 e. The maximum absolute atomic E-state index is 3.86. The van der Waals surface area contributed by atoms with Crippen LogP contribution in [0.5, 0.6) is 0 Å². The summed E-state index contributed by atoms with van der Waals surface area (Å²) in [6.45, 7) is 15.8. The summed E-state index contributed by atoms with van der Waals surface area (Å²) in [6, 6.07) is 1.47. The van der Waals surface area contributed by atoms with Crippen molar-refractivity contribution in [1.29, 1.82) is 0 Å². The van der Waals surface area contributed by atoms with E-state index in [1.54, 1.807) is 0 Å². The molecule has 20 heavy (non-hydrogen) atoms. The summed E-state index contributed by atoms with van der Waals surface area (Å²) in [4.78, 5) is 2.81. The molecule has 2 aliphatic rings. The molecule has 118 valence electrons. The van der Waals surface area contributed by atoms with Crippen molar-refractivity contribution >= 4 is 0 Å². The van der Waals surface area contributed by atoms with Crippen molar-refractivity contribution in [2.24, 2.45) is 17.3 Å². The summed E-state index contributed by atoms with van der Waals surface area (Å²) in [6.07, 6.45) is 6.84. The summed E-state index contributed by atoms with van der Waals surface area (Å²) in [5, 5.41) is 3.86. The molecule has 1 saturated heterocycles. The highest BCUT2D eigenvalue weighted by Crippen LogP contribution is 2.41. The van der Waals surface area contributed by atoms with E-state index in [-0.39, 0.29) is 0 Å². The van der Waals surface area contributed by atoms with Gasteiger partial charge >= 0.3 is 0 Å². The minimum Gasteiger partial charge on any atom is -0.312 e. The number of piperidine rings is 1. The van der Waals surface area contributed by atoms with E-state index in [1.165, 1.54) is 51.7 Å². The van der Waals surface area contributed by atoms with Gasteiger partial charge in [-0.2, -0.15) is 0 Å². The van der Waals surface area contributed by atoms with E-state index in [1.807, 2.05) is 0 Å². The first-order valence-corrected chi connectivity index (χ1v) is 8.93. The lowest BCUT2D eigenvalue weighted by Crippen LogP contribution is -2.54. The Morgan fingerprint density at radius 2 is 1.80 bits per heavy atom. The Balaban J connectivity index is 1.94. The van der Waals surface area contributed by atoms with Crippen molar-refractivity contribution in [3.05, 3.63) is 0 Å². The molecule has 0 bridgehead atoms. The van der Waals surface area contributed by atoms with Gasteiger partial charge in [-0.1, -0.05) is 34.6 Å². The first-order chi connectivity index (χ1) is 9.45. The minimum absolute atomic E-state index is 0.467. The third-order valence-corrected chi connectivity index (χ3v) is 5.91. The van der Waals surface area contributed by atoms with E-state index >= 15 is 0 Å². The second-order valence-electron chi connectivity index (χ2n) is 8.14. The second-order valence-corrected chi connectivity index (χ2v) is 8.14. The van der Waals surface area contributed by atoms with Crippen molar-refractivity contribution in [1.82, 2.24) is 10.2 Å². The Morgan fingerprint density at radius 3 is 2.35 bits per heavy atom. The molecular formula is C18H36N2. The SMILES string of the molecule is CCCNC1C(N2CCC(C(C)C)CC2)CCC1(C)C. The van der Waals surface area contributed by atoms with Gasteiger partial charge in [0.2, 0.25) is 0 Å².